The number of nitrogens with one attached hydrogen (secondary N) is 1. The lowest BCUT2D eigenvalue weighted by atomic mass is 10.1. The second kappa shape index (κ2) is 4.59. The maximum atomic E-state index is 13.0. The third kappa shape index (κ3) is 2.07. The van der Waals surface area contributed by atoms with Crippen LogP contribution >= 0.6 is 0 Å². The summed E-state index contributed by atoms with van der Waals surface area (Å²) in [6.45, 7) is 0.746. The van der Waals surface area contributed by atoms with Crippen LogP contribution in [0.2, 0.25) is 0 Å². The SMILES string of the molecule is O=c1c2c(C(F)(F)F)cccc2ncn1C1CCCN1. The first-order valence-corrected chi connectivity index (χ1v) is 6.29. The number of aromatic nitrogens is 2. The summed E-state index contributed by atoms with van der Waals surface area (Å²) < 4.78 is 40.3. The lowest BCUT2D eigenvalue weighted by Crippen LogP contribution is -2.31. The fourth-order valence-corrected chi connectivity index (χ4v) is 2.54. The Morgan fingerprint density at radius 3 is 2.80 bits per heavy atom. The Morgan fingerprint density at radius 1 is 1.35 bits per heavy atom. The zero-order chi connectivity index (χ0) is 14.3. The molecule has 1 N–H and O–H groups in total. The molecule has 1 atom stereocenters. The van der Waals surface area contributed by atoms with Crippen molar-refractivity contribution in [2.75, 3.05) is 6.54 Å². The molecule has 0 aliphatic carbocycles. The Balaban J connectivity index is 2.28. The Bertz CT molecular complexity index is 702. The van der Waals surface area contributed by atoms with Crippen LogP contribution in [0.4, 0.5) is 13.2 Å². The zero-order valence-electron chi connectivity index (χ0n) is 10.4. The van der Waals surface area contributed by atoms with Gasteiger partial charge in [0, 0.05) is 0 Å². The van der Waals surface area contributed by atoms with E-state index in [1.165, 1.54) is 23.0 Å². The minimum atomic E-state index is -4.57. The number of rotatable bonds is 1. The van der Waals surface area contributed by atoms with Gasteiger partial charge < -0.3 is 0 Å². The van der Waals surface area contributed by atoms with Crippen molar-refractivity contribution in [3.8, 4) is 0 Å². The third-order valence-corrected chi connectivity index (χ3v) is 3.49. The van der Waals surface area contributed by atoms with Gasteiger partial charge >= 0.3 is 6.18 Å². The molecular weight excluding hydrogens is 271 g/mol. The number of alkyl halides is 3. The Morgan fingerprint density at radius 2 is 2.15 bits per heavy atom. The van der Waals surface area contributed by atoms with E-state index < -0.39 is 17.3 Å². The standard InChI is InChI=1S/C13H12F3N3O/c14-13(15,16)8-3-1-4-9-11(8)12(20)19(7-18-9)10-5-2-6-17-10/h1,3-4,7,10,17H,2,5-6H2. The molecule has 2 heterocycles. The van der Waals surface area contributed by atoms with Gasteiger partial charge in [0.1, 0.15) is 0 Å². The van der Waals surface area contributed by atoms with Crippen molar-refractivity contribution >= 4 is 10.9 Å². The highest BCUT2D eigenvalue weighted by Gasteiger charge is 2.34. The van der Waals surface area contributed by atoms with Crippen LogP contribution in [0.1, 0.15) is 24.6 Å². The van der Waals surface area contributed by atoms with Crippen molar-refractivity contribution in [3.63, 3.8) is 0 Å². The van der Waals surface area contributed by atoms with Gasteiger partial charge in [0.15, 0.2) is 0 Å². The third-order valence-electron chi connectivity index (χ3n) is 3.49. The second-order valence-electron chi connectivity index (χ2n) is 4.77. The minimum Gasteiger partial charge on any atom is -0.297 e. The molecule has 4 nitrogen and oxygen atoms in total. The monoisotopic (exact) mass is 283 g/mol. The molecule has 1 unspecified atom stereocenters. The maximum Gasteiger partial charge on any atom is 0.417 e. The van der Waals surface area contributed by atoms with Gasteiger partial charge in [-0.05, 0) is 31.5 Å². The lowest BCUT2D eigenvalue weighted by Gasteiger charge is -2.16. The zero-order valence-corrected chi connectivity index (χ0v) is 10.4. The molecule has 1 aromatic heterocycles. The Kier molecular flexibility index (Phi) is 3.01. The summed E-state index contributed by atoms with van der Waals surface area (Å²) in [5.74, 6) is 0. The molecule has 106 valence electrons. The van der Waals surface area contributed by atoms with Crippen molar-refractivity contribution < 1.29 is 13.2 Å². The van der Waals surface area contributed by atoms with Gasteiger partial charge in [0.05, 0.1) is 29.0 Å². The highest BCUT2D eigenvalue weighted by Crippen LogP contribution is 2.32. The predicted octanol–water partition coefficient (Wildman–Crippen LogP) is 2.30. The molecule has 7 heteroatoms. The molecule has 0 saturated carbocycles. The van der Waals surface area contributed by atoms with Gasteiger partial charge in [-0.1, -0.05) is 6.07 Å². The van der Waals surface area contributed by atoms with Crippen LogP contribution in [0.25, 0.3) is 10.9 Å². The lowest BCUT2D eigenvalue weighted by molar-refractivity contribution is -0.136. The normalized spacial score (nSPS) is 19.6. The first kappa shape index (κ1) is 13.1. The number of nitrogens with zero attached hydrogens (tertiary/aromatic N) is 2. The minimum absolute atomic E-state index is 0.0686. The quantitative estimate of drug-likeness (QED) is 0.873. The average molecular weight is 283 g/mol. The van der Waals surface area contributed by atoms with E-state index in [9.17, 15) is 18.0 Å². The van der Waals surface area contributed by atoms with Crippen LogP contribution in [-0.4, -0.2) is 16.1 Å². The molecule has 1 aliphatic rings. The van der Waals surface area contributed by atoms with Crippen LogP contribution in [0.5, 0.6) is 0 Å². The summed E-state index contributed by atoms with van der Waals surface area (Å²) in [5, 5.41) is 2.71. The van der Waals surface area contributed by atoms with E-state index in [1.807, 2.05) is 0 Å². The van der Waals surface area contributed by atoms with Gasteiger partial charge in [-0.3, -0.25) is 14.7 Å². The molecule has 0 amide bonds. The topological polar surface area (TPSA) is 46.9 Å². The van der Waals surface area contributed by atoms with E-state index >= 15 is 0 Å². The van der Waals surface area contributed by atoms with E-state index in [0.29, 0.717) is 6.42 Å². The molecule has 0 spiro atoms. The maximum absolute atomic E-state index is 13.0. The van der Waals surface area contributed by atoms with Gasteiger partial charge in [-0.15, -0.1) is 0 Å². The summed E-state index contributed by atoms with van der Waals surface area (Å²) in [4.78, 5) is 16.3. The van der Waals surface area contributed by atoms with Crippen molar-refractivity contribution in [3.05, 3.63) is 40.4 Å². The van der Waals surface area contributed by atoms with Gasteiger partial charge in [-0.2, -0.15) is 13.2 Å². The van der Waals surface area contributed by atoms with Crippen LogP contribution in [0, 0.1) is 0 Å². The molecule has 1 fully saturated rings. The van der Waals surface area contributed by atoms with E-state index in [1.54, 1.807) is 0 Å². The van der Waals surface area contributed by atoms with Crippen LogP contribution < -0.4 is 10.9 Å². The first-order chi connectivity index (χ1) is 9.48. The van der Waals surface area contributed by atoms with Crippen molar-refractivity contribution in [1.29, 1.82) is 0 Å². The predicted molar refractivity (Wildman–Crippen MR) is 67.3 cm³/mol. The largest absolute Gasteiger partial charge is 0.417 e. The molecule has 1 aliphatic heterocycles. The molecule has 20 heavy (non-hydrogen) atoms. The Hall–Kier alpha value is -1.89. The van der Waals surface area contributed by atoms with Gasteiger partial charge in [-0.25, -0.2) is 4.98 Å². The molecule has 2 aromatic rings. The number of halogens is 3. The fraction of sp³-hybridized carbons (Fsp3) is 0.385. The number of benzene rings is 1. The average Bonchev–Trinajstić information content (AvgIpc) is 2.91. The van der Waals surface area contributed by atoms with Crippen LogP contribution in [-0.2, 0) is 6.18 Å². The highest BCUT2D eigenvalue weighted by atomic mass is 19.4. The van der Waals surface area contributed by atoms with Gasteiger partial charge in [0.2, 0.25) is 0 Å². The molecule has 0 radical (unpaired) electrons. The van der Waals surface area contributed by atoms with Crippen LogP contribution in [0.15, 0.2) is 29.3 Å². The second-order valence-corrected chi connectivity index (χ2v) is 4.77. The number of hydrogen-bond acceptors (Lipinski definition) is 3. The summed E-state index contributed by atoms with van der Waals surface area (Å²) in [5.41, 5.74) is -1.51. The number of fused-ring (bicyclic) bond motifs is 1. The first-order valence-electron chi connectivity index (χ1n) is 6.29. The summed E-state index contributed by atoms with van der Waals surface area (Å²) >= 11 is 0. The van der Waals surface area contributed by atoms with E-state index in [-0.39, 0.29) is 17.1 Å². The van der Waals surface area contributed by atoms with Crippen molar-refractivity contribution in [2.45, 2.75) is 25.2 Å². The summed E-state index contributed by atoms with van der Waals surface area (Å²) in [6, 6.07) is 3.59. The van der Waals surface area contributed by atoms with Crippen molar-refractivity contribution in [1.82, 2.24) is 14.9 Å². The van der Waals surface area contributed by atoms with E-state index in [4.69, 9.17) is 0 Å². The van der Waals surface area contributed by atoms with E-state index in [0.717, 1.165) is 19.0 Å². The summed E-state index contributed by atoms with van der Waals surface area (Å²) in [7, 11) is 0. The van der Waals surface area contributed by atoms with Gasteiger partial charge in [0.25, 0.3) is 5.56 Å². The van der Waals surface area contributed by atoms with Crippen molar-refractivity contribution in [2.24, 2.45) is 0 Å². The molecule has 0 bridgehead atoms. The molecule has 1 saturated heterocycles. The smallest absolute Gasteiger partial charge is 0.297 e. The molecular formula is C13H12F3N3O. The van der Waals surface area contributed by atoms with E-state index in [2.05, 4.69) is 10.3 Å². The Labute approximate surface area is 112 Å². The summed E-state index contributed by atoms with van der Waals surface area (Å²) in [6.07, 6.45) is -1.94. The molecule has 3 rings (SSSR count). The fourth-order valence-electron chi connectivity index (χ4n) is 2.54. The highest BCUT2D eigenvalue weighted by molar-refractivity contribution is 5.81. The molecule has 1 aromatic carbocycles. The van der Waals surface area contributed by atoms with Crippen LogP contribution in [0.3, 0.4) is 0 Å². The number of hydrogen-bond donors (Lipinski definition) is 1.